The molecule has 0 unspecified atom stereocenters. The van der Waals surface area contributed by atoms with Crippen LogP contribution in [0.3, 0.4) is 0 Å². The summed E-state index contributed by atoms with van der Waals surface area (Å²) in [7, 11) is 0. The van der Waals surface area contributed by atoms with Gasteiger partial charge in [-0.2, -0.15) is 5.26 Å². The van der Waals surface area contributed by atoms with Gasteiger partial charge in [-0.3, -0.25) is 14.6 Å². The van der Waals surface area contributed by atoms with Crippen molar-refractivity contribution in [3.8, 4) is 6.07 Å². The van der Waals surface area contributed by atoms with Crippen molar-refractivity contribution < 1.29 is 9.59 Å². The molecule has 4 rings (SSSR count). The Bertz CT molecular complexity index is 1120. The van der Waals surface area contributed by atoms with Gasteiger partial charge in [-0.25, -0.2) is 0 Å². The highest BCUT2D eigenvalue weighted by Crippen LogP contribution is 2.36. The van der Waals surface area contributed by atoms with Crippen molar-refractivity contribution in [2.24, 2.45) is 0 Å². The van der Waals surface area contributed by atoms with E-state index in [0.29, 0.717) is 49.3 Å². The van der Waals surface area contributed by atoms with E-state index < -0.39 is 0 Å². The number of rotatable bonds is 6. The molecule has 2 aromatic heterocycles. The fourth-order valence-electron chi connectivity index (χ4n) is 3.70. The molecular weight excluding hydrogens is 408 g/mol. The molecule has 7 heteroatoms. The summed E-state index contributed by atoms with van der Waals surface area (Å²) in [5.41, 5.74) is 3.53. The highest BCUT2D eigenvalue weighted by Gasteiger charge is 2.27. The molecule has 1 aromatic carbocycles. The maximum atomic E-state index is 12.7. The number of hydrogen-bond acceptors (Lipinski definition) is 5. The van der Waals surface area contributed by atoms with Gasteiger partial charge in [0, 0.05) is 30.2 Å². The van der Waals surface area contributed by atoms with Gasteiger partial charge in [-0.1, -0.05) is 30.3 Å². The predicted molar refractivity (Wildman–Crippen MR) is 119 cm³/mol. The third kappa shape index (κ3) is 4.98. The van der Waals surface area contributed by atoms with E-state index >= 15 is 0 Å². The average Bonchev–Trinajstić information content (AvgIpc) is 3.15. The van der Waals surface area contributed by atoms with Crippen LogP contribution in [-0.4, -0.2) is 28.2 Å². The van der Waals surface area contributed by atoms with Crippen molar-refractivity contribution in [2.75, 3.05) is 11.9 Å². The quantitative estimate of drug-likeness (QED) is 0.646. The van der Waals surface area contributed by atoms with Crippen LogP contribution in [0.4, 0.5) is 5.00 Å². The molecule has 0 fully saturated rings. The molecule has 1 N–H and O–H groups in total. The Hall–Kier alpha value is -3.50. The number of nitriles is 1. The number of hydrogen-bond donors (Lipinski definition) is 1. The van der Waals surface area contributed by atoms with Gasteiger partial charge < -0.3 is 10.2 Å². The van der Waals surface area contributed by atoms with Crippen LogP contribution in [0, 0.1) is 11.3 Å². The smallest absolute Gasteiger partial charge is 0.227 e. The number of aryl methyl sites for hydroxylation is 1. The summed E-state index contributed by atoms with van der Waals surface area (Å²) in [6.07, 6.45) is 5.32. The normalized spacial score (nSPS) is 12.7. The first kappa shape index (κ1) is 20.8. The van der Waals surface area contributed by atoms with Gasteiger partial charge in [0.2, 0.25) is 11.8 Å². The summed E-state index contributed by atoms with van der Waals surface area (Å²) in [6.45, 7) is 1.04. The summed E-state index contributed by atoms with van der Waals surface area (Å²) in [5, 5.41) is 13.2. The molecule has 6 nitrogen and oxygen atoms in total. The molecule has 0 bridgehead atoms. The van der Waals surface area contributed by atoms with E-state index in [4.69, 9.17) is 0 Å². The van der Waals surface area contributed by atoms with Crippen LogP contribution >= 0.6 is 11.3 Å². The second-order valence-electron chi connectivity index (χ2n) is 7.45. The van der Waals surface area contributed by atoms with E-state index in [0.717, 1.165) is 21.6 Å². The minimum Gasteiger partial charge on any atom is -0.337 e. The fourth-order valence-corrected chi connectivity index (χ4v) is 4.93. The van der Waals surface area contributed by atoms with Crippen molar-refractivity contribution >= 4 is 28.2 Å². The molecule has 0 radical (unpaired) electrons. The number of anilines is 1. The second-order valence-corrected chi connectivity index (χ2v) is 8.56. The molecule has 1 aliphatic heterocycles. The average molecular weight is 431 g/mol. The van der Waals surface area contributed by atoms with Crippen molar-refractivity contribution in [1.29, 1.82) is 5.26 Å². The Morgan fingerprint density at radius 2 is 1.90 bits per heavy atom. The van der Waals surface area contributed by atoms with E-state index in [2.05, 4.69) is 16.4 Å². The molecule has 0 saturated heterocycles. The standard InChI is InChI=1S/C24H22N4O2S/c25-15-20-19-10-13-28(23(30)14-18-8-11-26-12-9-18)16-21(19)31-24(20)27-22(29)7-6-17-4-2-1-3-5-17/h1-5,8-9,11-12H,6-7,10,13-14,16H2,(H,27,29). The molecule has 1 aliphatic rings. The zero-order valence-electron chi connectivity index (χ0n) is 17.0. The summed E-state index contributed by atoms with van der Waals surface area (Å²) >= 11 is 1.41. The first-order valence-electron chi connectivity index (χ1n) is 10.2. The molecule has 31 heavy (non-hydrogen) atoms. The maximum absolute atomic E-state index is 12.7. The molecule has 156 valence electrons. The number of amides is 2. The Morgan fingerprint density at radius 3 is 2.65 bits per heavy atom. The second kappa shape index (κ2) is 9.54. The van der Waals surface area contributed by atoms with Crippen LogP contribution in [-0.2, 0) is 35.4 Å². The van der Waals surface area contributed by atoms with Crippen molar-refractivity contribution in [2.45, 2.75) is 32.2 Å². The number of pyridine rings is 1. The van der Waals surface area contributed by atoms with Gasteiger partial charge in [0.1, 0.15) is 11.1 Å². The molecule has 3 aromatic rings. The number of nitrogens with one attached hydrogen (secondary N) is 1. The Balaban J connectivity index is 1.41. The SMILES string of the molecule is N#Cc1c(NC(=O)CCc2ccccc2)sc2c1CCN(C(=O)Cc1ccncc1)C2. The van der Waals surface area contributed by atoms with Gasteiger partial charge in [0.05, 0.1) is 18.5 Å². The molecule has 3 heterocycles. The third-order valence-electron chi connectivity index (χ3n) is 5.36. The number of thiophene rings is 1. The Morgan fingerprint density at radius 1 is 1.13 bits per heavy atom. The number of nitrogens with zero attached hydrogens (tertiary/aromatic N) is 3. The largest absolute Gasteiger partial charge is 0.337 e. The highest BCUT2D eigenvalue weighted by molar-refractivity contribution is 7.16. The molecule has 0 atom stereocenters. The minimum atomic E-state index is -0.107. The maximum Gasteiger partial charge on any atom is 0.227 e. The lowest BCUT2D eigenvalue weighted by atomic mass is 10.0. The van der Waals surface area contributed by atoms with Crippen LogP contribution in [0.1, 0.15) is 33.6 Å². The van der Waals surface area contributed by atoms with Gasteiger partial charge >= 0.3 is 0 Å². The van der Waals surface area contributed by atoms with Crippen molar-refractivity contribution in [3.05, 3.63) is 82.0 Å². The van der Waals surface area contributed by atoms with Crippen LogP contribution in [0.2, 0.25) is 0 Å². The number of fused-ring (bicyclic) bond motifs is 1. The first-order valence-corrected chi connectivity index (χ1v) is 11.0. The monoisotopic (exact) mass is 430 g/mol. The topological polar surface area (TPSA) is 86.1 Å². The summed E-state index contributed by atoms with van der Waals surface area (Å²) in [5.74, 6) is -0.0539. The third-order valence-corrected chi connectivity index (χ3v) is 6.49. The Labute approximate surface area is 185 Å². The van der Waals surface area contributed by atoms with Gasteiger partial charge in [-0.05, 0) is 41.7 Å². The van der Waals surface area contributed by atoms with Crippen molar-refractivity contribution in [1.82, 2.24) is 9.88 Å². The highest BCUT2D eigenvalue weighted by atomic mass is 32.1. The minimum absolute atomic E-state index is 0.0530. The molecule has 0 spiro atoms. The molecule has 0 aliphatic carbocycles. The van der Waals surface area contributed by atoms with Crippen LogP contribution in [0.25, 0.3) is 0 Å². The lowest BCUT2D eigenvalue weighted by Gasteiger charge is -2.27. The lowest BCUT2D eigenvalue weighted by molar-refractivity contribution is -0.131. The molecule has 2 amide bonds. The van der Waals surface area contributed by atoms with Crippen molar-refractivity contribution in [3.63, 3.8) is 0 Å². The summed E-state index contributed by atoms with van der Waals surface area (Å²) in [6, 6.07) is 15.8. The van der Waals surface area contributed by atoms with E-state index in [1.807, 2.05) is 47.4 Å². The zero-order valence-corrected chi connectivity index (χ0v) is 17.8. The zero-order chi connectivity index (χ0) is 21.6. The fraction of sp³-hybridized carbons (Fsp3) is 0.250. The van der Waals surface area contributed by atoms with E-state index in [1.165, 1.54) is 11.3 Å². The van der Waals surface area contributed by atoms with Gasteiger partial charge in [-0.15, -0.1) is 11.3 Å². The summed E-state index contributed by atoms with van der Waals surface area (Å²) in [4.78, 5) is 32.0. The van der Waals surface area contributed by atoms with E-state index in [9.17, 15) is 14.9 Å². The number of benzene rings is 1. The van der Waals surface area contributed by atoms with Gasteiger partial charge in [0.25, 0.3) is 0 Å². The first-order chi connectivity index (χ1) is 15.1. The molecule has 0 saturated carbocycles. The summed E-state index contributed by atoms with van der Waals surface area (Å²) < 4.78 is 0. The van der Waals surface area contributed by atoms with E-state index in [1.54, 1.807) is 12.4 Å². The van der Waals surface area contributed by atoms with Crippen LogP contribution in [0.5, 0.6) is 0 Å². The Kier molecular flexibility index (Phi) is 6.39. The predicted octanol–water partition coefficient (Wildman–Crippen LogP) is 3.71. The molecular formula is C24H22N4O2S. The number of aromatic nitrogens is 1. The lowest BCUT2D eigenvalue weighted by Crippen LogP contribution is -2.36. The van der Waals surface area contributed by atoms with Crippen LogP contribution < -0.4 is 5.32 Å². The van der Waals surface area contributed by atoms with Gasteiger partial charge in [0.15, 0.2) is 0 Å². The van der Waals surface area contributed by atoms with E-state index in [-0.39, 0.29) is 11.8 Å². The number of carbonyl (C=O) groups is 2. The van der Waals surface area contributed by atoms with Crippen LogP contribution in [0.15, 0.2) is 54.9 Å². The number of carbonyl (C=O) groups excluding carboxylic acids is 2.